The summed E-state index contributed by atoms with van der Waals surface area (Å²) in [4.78, 5) is 0.0835. The molecule has 3 nitrogen and oxygen atoms in total. The zero-order chi connectivity index (χ0) is 12.2. The lowest BCUT2D eigenvalue weighted by atomic mass is 10.2. The summed E-state index contributed by atoms with van der Waals surface area (Å²) in [5.74, 6) is 2.20. The zero-order valence-electron chi connectivity index (χ0n) is 8.88. The molecule has 0 saturated heterocycles. The summed E-state index contributed by atoms with van der Waals surface area (Å²) in [5.41, 5.74) is 0.837. The first-order valence-electron chi connectivity index (χ1n) is 4.61. The quantitative estimate of drug-likeness (QED) is 0.593. The lowest BCUT2D eigenvalue weighted by Crippen LogP contribution is -2.13. The summed E-state index contributed by atoms with van der Waals surface area (Å²) in [6.07, 6.45) is 5.90. The van der Waals surface area contributed by atoms with Crippen LogP contribution in [0.5, 0.6) is 0 Å². The molecule has 0 saturated carbocycles. The summed E-state index contributed by atoms with van der Waals surface area (Å²) in [6.45, 7) is 5.07. The highest BCUT2D eigenvalue weighted by atomic mass is 32.2. The molecular formula is C12H12O3S. The van der Waals surface area contributed by atoms with E-state index < -0.39 is 16.2 Å². The third-order valence-corrected chi connectivity index (χ3v) is 3.30. The zero-order valence-corrected chi connectivity index (χ0v) is 9.70. The van der Waals surface area contributed by atoms with Crippen LogP contribution in [0.25, 0.3) is 6.08 Å². The van der Waals surface area contributed by atoms with Gasteiger partial charge < -0.3 is 0 Å². The lowest BCUT2D eigenvalue weighted by Gasteiger charge is -2.07. The fourth-order valence-corrected chi connectivity index (χ4v) is 2.06. The second kappa shape index (κ2) is 4.97. The van der Waals surface area contributed by atoms with Gasteiger partial charge in [0.1, 0.15) is 6.10 Å². The average Bonchev–Trinajstić information content (AvgIpc) is 2.28. The molecule has 84 valence electrons. The average molecular weight is 236 g/mol. The molecule has 0 aliphatic carbocycles. The van der Waals surface area contributed by atoms with Crippen LogP contribution in [0.4, 0.5) is 0 Å². The minimum atomic E-state index is -3.77. The Morgan fingerprint density at radius 1 is 1.44 bits per heavy atom. The summed E-state index contributed by atoms with van der Waals surface area (Å²) < 4.78 is 28.1. The van der Waals surface area contributed by atoms with Crippen molar-refractivity contribution >= 4 is 16.2 Å². The summed E-state index contributed by atoms with van der Waals surface area (Å²) in [5, 5.41) is 0. The number of hydrogen-bond donors (Lipinski definition) is 0. The van der Waals surface area contributed by atoms with Crippen molar-refractivity contribution in [3.63, 3.8) is 0 Å². The second-order valence-corrected chi connectivity index (χ2v) is 4.70. The first-order valence-corrected chi connectivity index (χ1v) is 6.02. The Morgan fingerprint density at radius 2 is 2.00 bits per heavy atom. The Labute approximate surface area is 95.9 Å². The van der Waals surface area contributed by atoms with Gasteiger partial charge >= 0.3 is 0 Å². The normalized spacial score (nSPS) is 12.8. The Morgan fingerprint density at radius 3 is 2.44 bits per heavy atom. The van der Waals surface area contributed by atoms with Crippen LogP contribution in [0, 0.1) is 12.3 Å². The van der Waals surface area contributed by atoms with Crippen LogP contribution < -0.4 is 0 Å². The Kier molecular flexibility index (Phi) is 3.88. The van der Waals surface area contributed by atoms with Gasteiger partial charge in [-0.3, -0.25) is 4.18 Å². The summed E-state index contributed by atoms with van der Waals surface area (Å²) >= 11 is 0. The van der Waals surface area contributed by atoms with Crippen molar-refractivity contribution in [2.75, 3.05) is 0 Å². The monoisotopic (exact) mass is 236 g/mol. The Bertz CT molecular complexity index is 506. The molecule has 1 unspecified atom stereocenters. The van der Waals surface area contributed by atoms with Gasteiger partial charge in [-0.25, -0.2) is 0 Å². The smallest absolute Gasteiger partial charge is 0.250 e. The Balaban J connectivity index is 2.99. The van der Waals surface area contributed by atoms with Crippen molar-refractivity contribution in [3.8, 4) is 12.3 Å². The molecule has 0 spiro atoms. The van der Waals surface area contributed by atoms with Crippen molar-refractivity contribution in [1.82, 2.24) is 0 Å². The van der Waals surface area contributed by atoms with E-state index in [1.165, 1.54) is 19.1 Å². The summed E-state index contributed by atoms with van der Waals surface area (Å²) in [7, 11) is -3.77. The van der Waals surface area contributed by atoms with E-state index >= 15 is 0 Å². The van der Waals surface area contributed by atoms with Crippen LogP contribution >= 0.6 is 0 Å². The van der Waals surface area contributed by atoms with Crippen molar-refractivity contribution in [3.05, 3.63) is 36.4 Å². The van der Waals surface area contributed by atoms with Gasteiger partial charge in [0.15, 0.2) is 0 Å². The van der Waals surface area contributed by atoms with Crippen molar-refractivity contribution < 1.29 is 12.6 Å². The van der Waals surface area contributed by atoms with Gasteiger partial charge in [-0.2, -0.15) is 8.42 Å². The van der Waals surface area contributed by atoms with Crippen molar-refractivity contribution in [2.45, 2.75) is 17.9 Å². The second-order valence-electron chi connectivity index (χ2n) is 3.13. The molecule has 4 heteroatoms. The van der Waals surface area contributed by atoms with Crippen LogP contribution in [0.3, 0.4) is 0 Å². The maximum absolute atomic E-state index is 11.7. The number of terminal acetylenes is 1. The van der Waals surface area contributed by atoms with Crippen molar-refractivity contribution in [1.29, 1.82) is 0 Å². The van der Waals surface area contributed by atoms with E-state index in [4.69, 9.17) is 10.6 Å². The van der Waals surface area contributed by atoms with Crippen LogP contribution in [0.2, 0.25) is 0 Å². The molecule has 0 N–H and O–H groups in total. The van der Waals surface area contributed by atoms with Gasteiger partial charge in [-0.15, -0.1) is 6.42 Å². The molecule has 0 aromatic heterocycles. The highest BCUT2D eigenvalue weighted by Crippen LogP contribution is 2.15. The SMILES string of the molecule is C#CC(C)OS(=O)(=O)c1ccc(C=C)cc1. The molecular weight excluding hydrogens is 224 g/mol. The van der Waals surface area contributed by atoms with E-state index in [0.29, 0.717) is 0 Å². The van der Waals surface area contributed by atoms with E-state index in [1.54, 1.807) is 18.2 Å². The summed E-state index contributed by atoms with van der Waals surface area (Å²) in [6, 6.07) is 6.19. The van der Waals surface area contributed by atoms with Gasteiger partial charge in [-0.05, 0) is 24.6 Å². The molecule has 0 bridgehead atoms. The van der Waals surface area contributed by atoms with Crippen LogP contribution in [-0.4, -0.2) is 14.5 Å². The lowest BCUT2D eigenvalue weighted by molar-refractivity contribution is 0.283. The first kappa shape index (κ1) is 12.5. The molecule has 1 aromatic carbocycles. The molecule has 0 aliphatic heterocycles. The predicted molar refractivity (Wildman–Crippen MR) is 63.1 cm³/mol. The number of hydrogen-bond acceptors (Lipinski definition) is 3. The highest BCUT2D eigenvalue weighted by molar-refractivity contribution is 7.86. The minimum Gasteiger partial charge on any atom is -0.250 e. The molecule has 0 amide bonds. The molecule has 0 radical (unpaired) electrons. The molecule has 1 rings (SSSR count). The van der Waals surface area contributed by atoms with Crippen molar-refractivity contribution in [2.24, 2.45) is 0 Å². The van der Waals surface area contributed by atoms with Gasteiger partial charge in [0, 0.05) is 0 Å². The molecule has 0 aliphatic rings. The van der Waals surface area contributed by atoms with E-state index in [-0.39, 0.29) is 4.90 Å². The fourth-order valence-electron chi connectivity index (χ4n) is 1.04. The van der Waals surface area contributed by atoms with E-state index in [1.807, 2.05) is 0 Å². The van der Waals surface area contributed by atoms with E-state index in [9.17, 15) is 8.42 Å². The minimum absolute atomic E-state index is 0.0835. The van der Waals surface area contributed by atoms with Gasteiger partial charge in [0.25, 0.3) is 10.1 Å². The third kappa shape index (κ3) is 2.96. The topological polar surface area (TPSA) is 43.4 Å². The molecule has 1 atom stereocenters. The maximum Gasteiger partial charge on any atom is 0.298 e. The molecule has 16 heavy (non-hydrogen) atoms. The standard InChI is InChI=1S/C12H12O3S/c1-4-10(3)15-16(13,14)12-8-6-11(5-2)7-9-12/h1,5-10H,2H2,3H3. The highest BCUT2D eigenvalue weighted by Gasteiger charge is 2.17. The largest absolute Gasteiger partial charge is 0.298 e. The number of benzene rings is 1. The van der Waals surface area contributed by atoms with Gasteiger partial charge in [0.2, 0.25) is 0 Å². The maximum atomic E-state index is 11.7. The van der Waals surface area contributed by atoms with E-state index in [0.717, 1.165) is 5.56 Å². The van der Waals surface area contributed by atoms with Gasteiger partial charge in [0.05, 0.1) is 4.90 Å². The Hall–Kier alpha value is -1.57. The fraction of sp³-hybridized carbons (Fsp3) is 0.167. The molecule has 1 aromatic rings. The third-order valence-electron chi connectivity index (χ3n) is 1.91. The first-order chi connectivity index (χ1) is 7.49. The number of rotatable bonds is 4. The molecule has 0 fully saturated rings. The molecule has 0 heterocycles. The van der Waals surface area contributed by atoms with Gasteiger partial charge in [-0.1, -0.05) is 30.7 Å². The van der Waals surface area contributed by atoms with Crippen LogP contribution in [0.1, 0.15) is 12.5 Å². The van der Waals surface area contributed by atoms with Crippen LogP contribution in [0.15, 0.2) is 35.7 Å². The van der Waals surface area contributed by atoms with E-state index in [2.05, 4.69) is 12.5 Å². The predicted octanol–water partition coefficient (Wildman–Crippen LogP) is 2.06. The van der Waals surface area contributed by atoms with Crippen LogP contribution in [-0.2, 0) is 14.3 Å².